The molecule has 0 unspecified atom stereocenters. The molecule has 6 heteroatoms. The number of rotatable bonds is 3. The molecule has 0 atom stereocenters. The highest BCUT2D eigenvalue weighted by Gasteiger charge is 2.34. The Kier molecular flexibility index (Phi) is 5.01. The number of carbonyl (C=O) groups is 2. The van der Waals surface area contributed by atoms with Crippen LogP contribution >= 0.6 is 24.0 Å². The molecular formula is C19H16N2O2S2. The molecule has 2 aromatic carbocycles. The molecule has 1 heterocycles. The van der Waals surface area contributed by atoms with Gasteiger partial charge in [-0.25, -0.2) is 0 Å². The Bertz CT molecular complexity index is 861. The highest BCUT2D eigenvalue weighted by Crippen LogP contribution is 2.35. The molecular weight excluding hydrogens is 352 g/mol. The van der Waals surface area contributed by atoms with Crippen molar-refractivity contribution in [2.75, 3.05) is 9.80 Å². The number of thiocarbonyl (C=S) groups is 1. The first-order valence-electron chi connectivity index (χ1n) is 7.67. The van der Waals surface area contributed by atoms with Gasteiger partial charge in [0.15, 0.2) is 4.32 Å². The van der Waals surface area contributed by atoms with Gasteiger partial charge in [0, 0.05) is 18.8 Å². The fourth-order valence-corrected chi connectivity index (χ4v) is 3.69. The summed E-state index contributed by atoms with van der Waals surface area (Å²) >= 11 is 6.56. The van der Waals surface area contributed by atoms with E-state index in [-0.39, 0.29) is 11.8 Å². The Hall–Kier alpha value is -2.44. The number of aryl methyl sites for hydroxylation is 1. The minimum absolute atomic E-state index is 0.174. The van der Waals surface area contributed by atoms with E-state index >= 15 is 0 Å². The zero-order valence-corrected chi connectivity index (χ0v) is 15.4. The third kappa shape index (κ3) is 3.65. The molecule has 4 nitrogen and oxygen atoms in total. The number of amides is 2. The highest BCUT2D eigenvalue weighted by molar-refractivity contribution is 8.27. The zero-order valence-electron chi connectivity index (χ0n) is 13.8. The quantitative estimate of drug-likeness (QED) is 0.600. The van der Waals surface area contributed by atoms with Gasteiger partial charge in [0.25, 0.3) is 5.91 Å². The molecule has 2 aromatic rings. The zero-order chi connectivity index (χ0) is 18.0. The minimum Gasteiger partial charge on any atom is -0.287 e. The van der Waals surface area contributed by atoms with Gasteiger partial charge < -0.3 is 0 Å². The fraction of sp³-hybridized carbons (Fsp3) is 0.105. The van der Waals surface area contributed by atoms with E-state index in [0.29, 0.717) is 14.9 Å². The number of hydrogen-bond acceptors (Lipinski definition) is 4. The second kappa shape index (κ2) is 7.21. The maximum Gasteiger partial charge on any atom is 0.272 e. The molecule has 126 valence electrons. The number of benzene rings is 2. The van der Waals surface area contributed by atoms with Crippen LogP contribution in [0.2, 0.25) is 0 Å². The molecule has 0 N–H and O–H groups in total. The average molecular weight is 368 g/mol. The minimum atomic E-state index is -0.221. The molecule has 25 heavy (non-hydrogen) atoms. The summed E-state index contributed by atoms with van der Waals surface area (Å²) in [6, 6.07) is 16.8. The third-order valence-electron chi connectivity index (χ3n) is 3.71. The van der Waals surface area contributed by atoms with Crippen LogP contribution in [0.3, 0.4) is 0 Å². The second-order valence-corrected chi connectivity index (χ2v) is 7.24. The van der Waals surface area contributed by atoms with Gasteiger partial charge in [-0.15, -0.1) is 0 Å². The topological polar surface area (TPSA) is 40.6 Å². The van der Waals surface area contributed by atoms with Crippen LogP contribution in [-0.2, 0) is 9.59 Å². The lowest BCUT2D eigenvalue weighted by Crippen LogP contribution is -2.28. The normalized spacial score (nSPS) is 15.8. The number of carbonyl (C=O) groups excluding carboxylic acids is 2. The molecule has 1 saturated heterocycles. The van der Waals surface area contributed by atoms with E-state index in [1.165, 1.54) is 28.5 Å². The van der Waals surface area contributed by atoms with Crippen molar-refractivity contribution in [3.05, 3.63) is 71.3 Å². The Morgan fingerprint density at radius 1 is 1.12 bits per heavy atom. The Morgan fingerprint density at radius 3 is 2.36 bits per heavy atom. The van der Waals surface area contributed by atoms with Gasteiger partial charge in [0.05, 0.1) is 10.6 Å². The SMILES string of the molecule is CC(=O)N(C=C1SC(=S)N(c2ccc(C)cc2)C1=O)c1ccccc1. The van der Waals surface area contributed by atoms with Crippen LogP contribution < -0.4 is 9.80 Å². The van der Waals surface area contributed by atoms with Crippen LogP contribution in [-0.4, -0.2) is 16.1 Å². The summed E-state index contributed by atoms with van der Waals surface area (Å²) in [4.78, 5) is 28.2. The standard InChI is InChI=1S/C19H16N2O2S2/c1-13-8-10-16(11-9-13)21-18(23)17(25-19(21)24)12-20(14(2)22)15-6-4-3-5-7-15/h3-12H,1-2H3. The smallest absolute Gasteiger partial charge is 0.272 e. The van der Waals surface area contributed by atoms with Crippen molar-refractivity contribution in [3.63, 3.8) is 0 Å². The molecule has 0 radical (unpaired) electrons. The first-order valence-corrected chi connectivity index (χ1v) is 8.89. The van der Waals surface area contributed by atoms with E-state index in [4.69, 9.17) is 12.2 Å². The van der Waals surface area contributed by atoms with Gasteiger partial charge >= 0.3 is 0 Å². The second-order valence-electron chi connectivity index (χ2n) is 5.56. The monoisotopic (exact) mass is 368 g/mol. The Labute approximate surface area is 156 Å². The van der Waals surface area contributed by atoms with Gasteiger partial charge in [0.2, 0.25) is 5.91 Å². The molecule has 1 aliphatic rings. The largest absolute Gasteiger partial charge is 0.287 e. The fourth-order valence-electron chi connectivity index (χ4n) is 2.43. The van der Waals surface area contributed by atoms with E-state index < -0.39 is 0 Å². The van der Waals surface area contributed by atoms with E-state index in [1.54, 1.807) is 6.20 Å². The van der Waals surface area contributed by atoms with Gasteiger partial charge in [-0.05, 0) is 31.2 Å². The van der Waals surface area contributed by atoms with Crippen molar-refractivity contribution in [1.29, 1.82) is 0 Å². The summed E-state index contributed by atoms with van der Waals surface area (Å²) in [5, 5.41) is 0. The first kappa shape index (κ1) is 17.4. The molecule has 3 rings (SSSR count). The molecule has 0 aliphatic carbocycles. The van der Waals surface area contributed by atoms with Gasteiger partial charge in [0.1, 0.15) is 0 Å². The van der Waals surface area contributed by atoms with Crippen LogP contribution in [0.4, 0.5) is 11.4 Å². The lowest BCUT2D eigenvalue weighted by Gasteiger charge is -2.17. The summed E-state index contributed by atoms with van der Waals surface area (Å²) in [7, 11) is 0. The van der Waals surface area contributed by atoms with E-state index in [9.17, 15) is 9.59 Å². The number of nitrogens with zero attached hydrogens (tertiary/aromatic N) is 2. The molecule has 1 fully saturated rings. The summed E-state index contributed by atoms with van der Waals surface area (Å²) < 4.78 is 0.455. The van der Waals surface area contributed by atoms with Crippen LogP contribution in [0.1, 0.15) is 12.5 Å². The van der Waals surface area contributed by atoms with Crippen molar-refractivity contribution in [1.82, 2.24) is 0 Å². The van der Waals surface area contributed by atoms with Crippen molar-refractivity contribution < 1.29 is 9.59 Å². The molecule has 2 amide bonds. The maximum absolute atomic E-state index is 12.8. The predicted octanol–water partition coefficient (Wildman–Crippen LogP) is 4.25. The highest BCUT2D eigenvalue weighted by atomic mass is 32.2. The van der Waals surface area contributed by atoms with Crippen molar-refractivity contribution in [2.24, 2.45) is 0 Å². The van der Waals surface area contributed by atoms with E-state index in [1.807, 2.05) is 61.5 Å². The average Bonchev–Trinajstić information content (AvgIpc) is 2.88. The summed E-state index contributed by atoms with van der Waals surface area (Å²) in [5.74, 6) is -0.396. The molecule has 1 aliphatic heterocycles. The van der Waals surface area contributed by atoms with Gasteiger partial charge in [-0.3, -0.25) is 19.4 Å². The van der Waals surface area contributed by atoms with Crippen molar-refractivity contribution >= 4 is 51.5 Å². The maximum atomic E-state index is 12.8. The Morgan fingerprint density at radius 2 is 1.76 bits per heavy atom. The third-order valence-corrected chi connectivity index (χ3v) is 5.00. The van der Waals surface area contributed by atoms with Crippen LogP contribution in [0.5, 0.6) is 0 Å². The summed E-state index contributed by atoms with van der Waals surface area (Å²) in [6.45, 7) is 3.45. The molecule has 0 aromatic heterocycles. The van der Waals surface area contributed by atoms with Crippen molar-refractivity contribution in [2.45, 2.75) is 13.8 Å². The lowest BCUT2D eigenvalue weighted by atomic mass is 10.2. The van der Waals surface area contributed by atoms with E-state index in [0.717, 1.165) is 11.3 Å². The predicted molar refractivity (Wildman–Crippen MR) is 107 cm³/mol. The lowest BCUT2D eigenvalue weighted by molar-refractivity contribution is -0.116. The van der Waals surface area contributed by atoms with E-state index in [2.05, 4.69) is 0 Å². The van der Waals surface area contributed by atoms with Crippen molar-refractivity contribution in [3.8, 4) is 0 Å². The molecule has 0 bridgehead atoms. The Balaban J connectivity index is 1.93. The van der Waals surface area contributed by atoms with Gasteiger partial charge in [-0.1, -0.05) is 59.9 Å². The van der Waals surface area contributed by atoms with Crippen LogP contribution in [0, 0.1) is 6.92 Å². The number of hydrogen-bond donors (Lipinski definition) is 0. The number of para-hydroxylation sites is 1. The van der Waals surface area contributed by atoms with Gasteiger partial charge in [-0.2, -0.15) is 0 Å². The number of thioether (sulfide) groups is 1. The summed E-state index contributed by atoms with van der Waals surface area (Å²) in [5.41, 5.74) is 2.54. The summed E-state index contributed by atoms with van der Waals surface area (Å²) in [6.07, 6.45) is 1.56. The van der Waals surface area contributed by atoms with Crippen LogP contribution in [0.15, 0.2) is 65.7 Å². The van der Waals surface area contributed by atoms with Crippen LogP contribution in [0.25, 0.3) is 0 Å². The molecule has 0 saturated carbocycles. The molecule has 0 spiro atoms. The first-order chi connectivity index (χ1) is 12.0. The number of anilines is 2.